The molecule has 3 amide bonds. The van der Waals surface area contributed by atoms with E-state index in [1.54, 1.807) is 207 Å². The van der Waals surface area contributed by atoms with Crippen LogP contribution in [0.4, 0.5) is 28.4 Å². The molecule has 119 heavy (non-hydrogen) atoms. The molecule has 15 rings (SSSR count). The number of benzene rings is 10. The minimum Gasteiger partial charge on any atom is -0.431 e. The standard InChI is InChI=1S/C26H21Cl2N3O3.C18H13ClN2O4.C18H15ClN2O2.C17H14ClN3O2.C9H5NO4/c1-15(16-5-9-18(27)10-6-16)25(33)30-22-4-2-3-21-20(22)13-14-31(26(21)34)23(24(29)32)17-7-11-19(28)12-8-17;1-11(22)17(12-5-7-13(19)8-6-12)20-10-9-14-15(18(20)23)3-2-4-16(14)21(24)25;1-11(22)17(12-5-7-13(19)8-6-12)21-10-9-14-15(18(21)23)3-2-4-16(14)20;18-11-6-4-10(5-7-11)15(16(20)22)21-9-8-12-13(17(21)23)2-1-3-14(12)19;11-9-7-2-1-3-8(10(12)13)6(7)4-5-14-9/h2-15,23H,1H3,(H2,29,32)(H,30,33);2-10,17H,1H3;2-10,17H,20H2,1H3;1-9,15H,19H2,(H2,20,22);1-5H/t15-,23?;;;;/m0..../s1. The van der Waals surface area contributed by atoms with Crippen LogP contribution in [0.3, 0.4) is 0 Å². The smallest absolute Gasteiger partial charge is 0.343 e. The number of primary amides is 2. The third-order valence-electron chi connectivity index (χ3n) is 19.2. The van der Waals surface area contributed by atoms with Crippen molar-refractivity contribution in [2.24, 2.45) is 11.5 Å². The quantitative estimate of drug-likeness (QED) is 0.0321. The molecule has 0 saturated carbocycles. The van der Waals surface area contributed by atoms with Crippen molar-refractivity contribution in [2.75, 3.05) is 16.8 Å². The summed E-state index contributed by atoms with van der Waals surface area (Å²) >= 11 is 29.5. The van der Waals surface area contributed by atoms with Gasteiger partial charge in [0.1, 0.15) is 24.2 Å². The molecule has 600 valence electrons. The number of nitro benzene ring substituents is 2. The number of Topliss-reactive ketones (excluding diaryl/α,β-unsaturated/α-hetero) is 2. The van der Waals surface area contributed by atoms with E-state index in [-0.39, 0.29) is 56.1 Å². The Kier molecular flexibility index (Phi) is 27.1. The lowest BCUT2D eigenvalue weighted by molar-refractivity contribution is -0.383. The predicted octanol–water partition coefficient (Wildman–Crippen LogP) is 16.3. The van der Waals surface area contributed by atoms with Gasteiger partial charge in [0.25, 0.3) is 33.6 Å². The Morgan fingerprint density at radius 2 is 0.647 bits per heavy atom. The van der Waals surface area contributed by atoms with E-state index >= 15 is 0 Å². The number of non-ortho nitro benzene ring substituents is 2. The van der Waals surface area contributed by atoms with Crippen molar-refractivity contribution in [2.45, 2.75) is 50.9 Å². The van der Waals surface area contributed by atoms with Crippen molar-refractivity contribution in [3.8, 4) is 0 Å². The van der Waals surface area contributed by atoms with Crippen LogP contribution in [0.25, 0.3) is 53.9 Å². The Balaban J connectivity index is 0.000000149. The number of rotatable bonds is 17. The number of nitrogens with two attached hydrogens (primary N) is 4. The molecule has 26 nitrogen and oxygen atoms in total. The molecule has 9 N–H and O–H groups in total. The number of halogens is 5. The Morgan fingerprint density at radius 1 is 0.361 bits per heavy atom. The highest BCUT2D eigenvalue weighted by atomic mass is 35.5. The lowest BCUT2D eigenvalue weighted by Gasteiger charge is -2.19. The van der Waals surface area contributed by atoms with Crippen LogP contribution in [-0.4, -0.2) is 57.4 Å². The molecule has 10 aromatic carbocycles. The highest BCUT2D eigenvalue weighted by Gasteiger charge is 2.28. The molecule has 5 atom stereocenters. The fraction of sp³-hybridized carbons (Fsp3) is 0.0909. The minimum atomic E-state index is -1.00. The number of hydrogen-bond acceptors (Lipinski definition) is 17. The molecular formula is C88H68Cl5N11O15. The van der Waals surface area contributed by atoms with Gasteiger partial charge in [0, 0.05) is 111 Å². The van der Waals surface area contributed by atoms with Gasteiger partial charge in [-0.05, 0) is 188 Å². The highest BCUT2D eigenvalue weighted by molar-refractivity contribution is 6.32. The second-order valence-electron chi connectivity index (χ2n) is 26.8. The second-order valence-corrected chi connectivity index (χ2v) is 29.0. The monoisotopic (exact) mass is 1690 g/mol. The maximum atomic E-state index is 13.3. The van der Waals surface area contributed by atoms with Crippen molar-refractivity contribution in [3.05, 3.63) is 399 Å². The number of amides is 3. The average molecular weight is 1700 g/mol. The molecule has 15 aromatic rings. The Morgan fingerprint density at radius 3 is 1.00 bits per heavy atom. The number of hydrogen-bond donors (Lipinski definition) is 5. The fourth-order valence-corrected chi connectivity index (χ4v) is 14.0. The van der Waals surface area contributed by atoms with E-state index in [0.29, 0.717) is 102 Å². The lowest BCUT2D eigenvalue weighted by atomic mass is 10.00. The lowest BCUT2D eigenvalue weighted by Crippen LogP contribution is -2.34. The Labute approximate surface area is 699 Å². The average Bonchev–Trinajstić information content (AvgIpc) is 0.781. The Bertz CT molecular complexity index is 6630. The summed E-state index contributed by atoms with van der Waals surface area (Å²) in [5, 5.41) is 31.5. The predicted molar refractivity (Wildman–Crippen MR) is 464 cm³/mol. The first-order chi connectivity index (χ1) is 56.8. The van der Waals surface area contributed by atoms with Crippen LogP contribution in [0.2, 0.25) is 25.1 Å². The van der Waals surface area contributed by atoms with E-state index in [1.165, 1.54) is 99.2 Å². The highest BCUT2D eigenvalue weighted by Crippen LogP contribution is 2.32. The van der Waals surface area contributed by atoms with Crippen LogP contribution in [0.1, 0.15) is 78.7 Å². The molecule has 0 aliphatic carbocycles. The normalized spacial score (nSPS) is 12.1. The number of carbonyl (C=O) groups is 5. The number of anilines is 3. The van der Waals surface area contributed by atoms with Gasteiger partial charge in [0.05, 0.1) is 43.6 Å². The third kappa shape index (κ3) is 19.4. The first-order valence-corrected chi connectivity index (χ1v) is 37.8. The van der Waals surface area contributed by atoms with Crippen molar-refractivity contribution in [1.82, 2.24) is 18.3 Å². The molecule has 0 fully saturated rings. The maximum absolute atomic E-state index is 13.3. The number of nitrogens with one attached hydrogen (secondary N) is 1. The van der Waals surface area contributed by atoms with Gasteiger partial charge in [-0.15, -0.1) is 0 Å². The van der Waals surface area contributed by atoms with Gasteiger partial charge in [0.2, 0.25) is 17.7 Å². The largest absolute Gasteiger partial charge is 0.431 e. The van der Waals surface area contributed by atoms with E-state index in [2.05, 4.69) is 9.73 Å². The molecule has 0 spiro atoms. The van der Waals surface area contributed by atoms with Crippen LogP contribution in [0, 0.1) is 20.2 Å². The summed E-state index contributed by atoms with van der Waals surface area (Å²) < 4.78 is 9.92. The van der Waals surface area contributed by atoms with Crippen LogP contribution in [0.15, 0.2) is 302 Å². The van der Waals surface area contributed by atoms with E-state index in [4.69, 9.17) is 80.9 Å². The molecular weight excluding hydrogens is 1630 g/mol. The molecule has 0 aliphatic heterocycles. The van der Waals surface area contributed by atoms with Gasteiger partial charge in [-0.25, -0.2) is 4.79 Å². The van der Waals surface area contributed by atoms with E-state index < -0.39 is 68.5 Å². The minimum absolute atomic E-state index is 0.0876. The number of pyridine rings is 4. The molecule has 5 aromatic heterocycles. The SMILES string of the molecule is CC(=O)C(c1ccc(Cl)cc1)n1ccc2c(N)cccc2c1=O.CC(=O)C(c1ccc(Cl)cc1)n1ccc2c([N+](=O)[O-])cccc2c1=O.C[C@H](C(=O)Nc1cccc2c(=O)n(C(C(N)=O)c3ccc(Cl)cc3)ccc12)c1ccc(Cl)cc1.NC(=O)C(c1ccc(Cl)cc1)n1ccc2c(N)cccc2c1=O.O=c1occc2c([N+](=O)[O-])cccc12. The first kappa shape index (κ1) is 85.7. The summed E-state index contributed by atoms with van der Waals surface area (Å²) in [5.74, 6) is -2.32. The zero-order valence-electron chi connectivity index (χ0n) is 62.9. The number of carbonyl (C=O) groups excluding carboxylic acids is 5. The van der Waals surface area contributed by atoms with Gasteiger partial charge in [0.15, 0.2) is 11.6 Å². The zero-order valence-corrected chi connectivity index (χ0v) is 66.7. The van der Waals surface area contributed by atoms with Crippen LogP contribution < -0.4 is 56.1 Å². The molecule has 5 heterocycles. The van der Waals surface area contributed by atoms with Crippen molar-refractivity contribution < 1.29 is 38.2 Å². The molecule has 0 saturated heterocycles. The zero-order chi connectivity index (χ0) is 85.8. The number of nitro groups is 2. The first-order valence-electron chi connectivity index (χ1n) is 35.9. The topological polar surface area (TPSA) is 406 Å². The fourth-order valence-electron chi connectivity index (χ4n) is 13.4. The second kappa shape index (κ2) is 37.6. The summed E-state index contributed by atoms with van der Waals surface area (Å²) in [6.45, 7) is 4.65. The number of nitrogen functional groups attached to an aromatic ring is 2. The molecule has 0 bridgehead atoms. The van der Waals surface area contributed by atoms with Crippen LogP contribution >= 0.6 is 58.0 Å². The van der Waals surface area contributed by atoms with E-state index in [0.717, 1.165) is 11.8 Å². The Hall–Kier alpha value is -14.2. The number of nitrogens with zero attached hydrogens (tertiary/aromatic N) is 6. The molecule has 4 unspecified atom stereocenters. The van der Waals surface area contributed by atoms with Crippen molar-refractivity contribution >= 4 is 170 Å². The third-order valence-corrected chi connectivity index (χ3v) is 20.5. The maximum Gasteiger partial charge on any atom is 0.343 e. The van der Waals surface area contributed by atoms with E-state index in [9.17, 15) is 68.2 Å². The van der Waals surface area contributed by atoms with Gasteiger partial charge in [-0.1, -0.05) is 149 Å². The van der Waals surface area contributed by atoms with Gasteiger partial charge >= 0.3 is 5.63 Å². The summed E-state index contributed by atoms with van der Waals surface area (Å²) in [5.41, 5.74) is 25.6. The van der Waals surface area contributed by atoms with Crippen molar-refractivity contribution in [1.29, 1.82) is 0 Å². The number of aromatic nitrogens is 4. The van der Waals surface area contributed by atoms with Crippen LogP contribution in [0.5, 0.6) is 0 Å². The van der Waals surface area contributed by atoms with Crippen LogP contribution in [-0.2, 0) is 24.0 Å². The molecule has 0 aliphatic rings. The summed E-state index contributed by atoms with van der Waals surface area (Å²) in [7, 11) is 0. The summed E-state index contributed by atoms with van der Waals surface area (Å²) in [6, 6.07) is 62.4. The summed E-state index contributed by atoms with van der Waals surface area (Å²) in [6.07, 6.45) is 7.22. The van der Waals surface area contributed by atoms with E-state index in [1.807, 2.05) is 0 Å². The molecule has 0 radical (unpaired) electrons. The van der Waals surface area contributed by atoms with Crippen molar-refractivity contribution in [3.63, 3.8) is 0 Å². The number of ketones is 2. The van der Waals surface area contributed by atoms with Gasteiger partial charge < -0.3 is 41.8 Å². The summed E-state index contributed by atoms with van der Waals surface area (Å²) in [4.78, 5) is 145. The molecule has 31 heteroatoms. The van der Waals surface area contributed by atoms with Gasteiger partial charge in [-0.2, -0.15) is 0 Å². The number of fused-ring (bicyclic) bond motifs is 5. The van der Waals surface area contributed by atoms with Gasteiger partial charge in [-0.3, -0.25) is 72.5 Å².